The van der Waals surface area contributed by atoms with Gasteiger partial charge in [-0.25, -0.2) is 4.98 Å². The third-order valence-electron chi connectivity index (χ3n) is 5.82. The van der Waals surface area contributed by atoms with Gasteiger partial charge in [-0.2, -0.15) is 0 Å². The third-order valence-corrected chi connectivity index (χ3v) is 6.77. The van der Waals surface area contributed by atoms with Gasteiger partial charge in [0.05, 0.1) is 35.4 Å². The molecule has 0 N–H and O–H groups in total. The average molecular weight is 423 g/mol. The van der Waals surface area contributed by atoms with Gasteiger partial charge in [-0.15, -0.1) is 11.3 Å². The van der Waals surface area contributed by atoms with Crippen molar-refractivity contribution in [3.05, 3.63) is 70.1 Å². The summed E-state index contributed by atoms with van der Waals surface area (Å²) in [5, 5.41) is 2.62. The van der Waals surface area contributed by atoms with Crippen molar-refractivity contribution in [1.29, 1.82) is 0 Å². The van der Waals surface area contributed by atoms with Crippen molar-refractivity contribution in [2.75, 3.05) is 31.1 Å². The Bertz CT molecular complexity index is 1060. The van der Waals surface area contributed by atoms with Crippen molar-refractivity contribution in [3.63, 3.8) is 0 Å². The lowest BCUT2D eigenvalue weighted by molar-refractivity contribution is 0.0595. The monoisotopic (exact) mass is 422 g/mol. The Labute approximate surface area is 178 Å². The second-order valence-electron chi connectivity index (χ2n) is 7.62. The molecule has 154 valence electrons. The number of furan rings is 1. The molecule has 7 nitrogen and oxygen atoms in total. The molecule has 0 spiro atoms. The quantitative estimate of drug-likeness (QED) is 0.587. The summed E-state index contributed by atoms with van der Waals surface area (Å²) in [6, 6.07) is 7.18. The zero-order valence-corrected chi connectivity index (χ0v) is 17.5. The van der Waals surface area contributed by atoms with Crippen molar-refractivity contribution in [3.8, 4) is 0 Å². The molecule has 4 heterocycles. The van der Waals surface area contributed by atoms with Crippen molar-refractivity contribution < 1.29 is 14.0 Å². The SMILES string of the molecule is C[C@@H](c1nccs1)N1C(=O)c2cccc(N3CCN(Cc4ccoc4)CC3)c2C1=O. The Morgan fingerprint density at radius 3 is 2.67 bits per heavy atom. The van der Waals surface area contributed by atoms with E-state index in [1.165, 1.54) is 16.2 Å². The summed E-state index contributed by atoms with van der Waals surface area (Å²) in [5.74, 6) is -0.465. The molecule has 3 aromatic rings. The van der Waals surface area contributed by atoms with Crippen molar-refractivity contribution in [2.24, 2.45) is 0 Å². The predicted octanol–water partition coefficient (Wildman–Crippen LogP) is 3.42. The van der Waals surface area contributed by atoms with Gasteiger partial charge in [-0.3, -0.25) is 19.4 Å². The lowest BCUT2D eigenvalue weighted by Gasteiger charge is -2.36. The highest BCUT2D eigenvalue weighted by Crippen LogP contribution is 2.37. The van der Waals surface area contributed by atoms with Crippen LogP contribution in [0.25, 0.3) is 0 Å². The summed E-state index contributed by atoms with van der Waals surface area (Å²) in [6.45, 7) is 6.09. The molecule has 0 saturated carbocycles. The van der Waals surface area contributed by atoms with Gasteiger partial charge in [0.25, 0.3) is 11.8 Å². The van der Waals surface area contributed by atoms with E-state index in [-0.39, 0.29) is 17.9 Å². The van der Waals surface area contributed by atoms with E-state index >= 15 is 0 Å². The largest absolute Gasteiger partial charge is 0.472 e. The number of anilines is 1. The number of fused-ring (bicyclic) bond motifs is 1. The molecule has 2 aliphatic heterocycles. The molecule has 1 atom stereocenters. The van der Waals surface area contributed by atoms with Gasteiger partial charge < -0.3 is 9.32 Å². The van der Waals surface area contributed by atoms with E-state index < -0.39 is 0 Å². The van der Waals surface area contributed by atoms with Crippen LogP contribution < -0.4 is 4.90 Å². The molecule has 1 aromatic carbocycles. The fourth-order valence-electron chi connectivity index (χ4n) is 4.24. The lowest BCUT2D eigenvalue weighted by atomic mass is 10.1. The third kappa shape index (κ3) is 3.22. The first-order chi connectivity index (χ1) is 14.6. The topological polar surface area (TPSA) is 69.9 Å². The number of aromatic nitrogens is 1. The Balaban J connectivity index is 1.36. The molecule has 8 heteroatoms. The molecule has 0 radical (unpaired) electrons. The van der Waals surface area contributed by atoms with E-state index in [9.17, 15) is 9.59 Å². The van der Waals surface area contributed by atoms with Crippen LogP contribution in [-0.4, -0.2) is 52.8 Å². The number of rotatable bonds is 5. The maximum atomic E-state index is 13.3. The van der Waals surface area contributed by atoms with Crippen molar-refractivity contribution in [1.82, 2.24) is 14.8 Å². The molecule has 0 aliphatic carbocycles. The van der Waals surface area contributed by atoms with E-state index in [1.54, 1.807) is 24.8 Å². The van der Waals surface area contributed by atoms with E-state index in [2.05, 4.69) is 14.8 Å². The Kier molecular flexibility index (Phi) is 4.88. The number of carbonyl (C=O) groups excluding carboxylic acids is 2. The molecule has 5 rings (SSSR count). The van der Waals surface area contributed by atoms with Crippen LogP contribution in [0.4, 0.5) is 5.69 Å². The van der Waals surface area contributed by atoms with Gasteiger partial charge in [-0.05, 0) is 25.1 Å². The van der Waals surface area contributed by atoms with Crippen molar-refractivity contribution >= 4 is 28.8 Å². The number of thiazole rings is 1. The minimum absolute atomic E-state index is 0.228. The maximum Gasteiger partial charge on any atom is 0.264 e. The molecule has 2 aliphatic rings. The Hall–Kier alpha value is -2.97. The summed E-state index contributed by atoms with van der Waals surface area (Å²) >= 11 is 1.45. The number of benzene rings is 1. The summed E-state index contributed by atoms with van der Waals surface area (Å²) in [6.07, 6.45) is 5.17. The molecule has 2 amide bonds. The van der Waals surface area contributed by atoms with Crippen LogP contribution in [0.15, 0.2) is 52.8 Å². The highest BCUT2D eigenvalue weighted by molar-refractivity contribution is 7.09. The molecule has 0 unspecified atom stereocenters. The van der Waals surface area contributed by atoms with E-state index in [0.717, 1.165) is 49.0 Å². The van der Waals surface area contributed by atoms with Gasteiger partial charge in [0, 0.05) is 49.9 Å². The molecular formula is C22H22N4O3S. The Morgan fingerprint density at radius 2 is 1.97 bits per heavy atom. The zero-order valence-electron chi connectivity index (χ0n) is 16.7. The zero-order chi connectivity index (χ0) is 20.7. The van der Waals surface area contributed by atoms with Crippen LogP contribution in [0.1, 0.15) is 44.3 Å². The highest BCUT2D eigenvalue weighted by atomic mass is 32.1. The fourth-order valence-corrected chi connectivity index (χ4v) is 4.92. The van der Waals surface area contributed by atoms with Gasteiger partial charge in [0.2, 0.25) is 0 Å². The number of hydrogen-bond acceptors (Lipinski definition) is 7. The summed E-state index contributed by atoms with van der Waals surface area (Å²) in [4.78, 5) is 36.6. The lowest BCUT2D eigenvalue weighted by Crippen LogP contribution is -2.46. The van der Waals surface area contributed by atoms with Crippen LogP contribution in [0, 0.1) is 0 Å². The van der Waals surface area contributed by atoms with Crippen molar-refractivity contribution in [2.45, 2.75) is 19.5 Å². The first kappa shape index (κ1) is 19.0. The molecule has 1 fully saturated rings. The number of nitrogens with zero attached hydrogens (tertiary/aromatic N) is 4. The van der Waals surface area contributed by atoms with Crippen LogP contribution in [0.5, 0.6) is 0 Å². The van der Waals surface area contributed by atoms with E-state index in [1.807, 2.05) is 30.5 Å². The Morgan fingerprint density at radius 1 is 1.13 bits per heavy atom. The van der Waals surface area contributed by atoms with Gasteiger partial charge in [-0.1, -0.05) is 6.07 Å². The number of hydrogen-bond donors (Lipinski definition) is 0. The molecule has 0 bridgehead atoms. The molecule has 30 heavy (non-hydrogen) atoms. The minimum Gasteiger partial charge on any atom is -0.472 e. The second-order valence-corrected chi connectivity index (χ2v) is 8.55. The first-order valence-electron chi connectivity index (χ1n) is 10.0. The molecular weight excluding hydrogens is 400 g/mol. The number of amides is 2. The molecule has 2 aromatic heterocycles. The van der Waals surface area contributed by atoms with Gasteiger partial charge >= 0.3 is 0 Å². The number of piperazine rings is 1. The van der Waals surface area contributed by atoms with Crippen LogP contribution in [0.3, 0.4) is 0 Å². The predicted molar refractivity (Wildman–Crippen MR) is 114 cm³/mol. The number of carbonyl (C=O) groups is 2. The van der Waals surface area contributed by atoms with Gasteiger partial charge in [0.15, 0.2) is 0 Å². The second kappa shape index (κ2) is 7.70. The minimum atomic E-state index is -0.378. The van der Waals surface area contributed by atoms with Crippen LogP contribution in [0.2, 0.25) is 0 Å². The van der Waals surface area contributed by atoms with Crippen LogP contribution in [-0.2, 0) is 6.54 Å². The van der Waals surface area contributed by atoms with Crippen LogP contribution >= 0.6 is 11.3 Å². The van der Waals surface area contributed by atoms with E-state index in [0.29, 0.717) is 11.1 Å². The smallest absolute Gasteiger partial charge is 0.264 e. The summed E-state index contributed by atoms with van der Waals surface area (Å²) in [7, 11) is 0. The first-order valence-corrected chi connectivity index (χ1v) is 10.9. The normalized spacial score (nSPS) is 18.2. The maximum absolute atomic E-state index is 13.3. The summed E-state index contributed by atoms with van der Waals surface area (Å²) < 4.78 is 5.16. The average Bonchev–Trinajstić information content (AvgIpc) is 3.51. The van der Waals surface area contributed by atoms with Gasteiger partial charge in [0.1, 0.15) is 5.01 Å². The molecule has 1 saturated heterocycles. The summed E-state index contributed by atoms with van der Waals surface area (Å²) in [5.41, 5.74) is 3.02. The number of imide groups is 1. The fraction of sp³-hybridized carbons (Fsp3) is 0.318. The van der Waals surface area contributed by atoms with E-state index in [4.69, 9.17) is 4.42 Å². The standard InChI is InChI=1S/C22H22N4O3S/c1-15(20-23-6-12-30-20)26-21(27)17-3-2-4-18(19(17)22(26)28)25-9-7-24(8-10-25)13-16-5-11-29-14-16/h2-6,11-12,14-15H,7-10,13H2,1H3/t15-/m0/s1. The highest BCUT2D eigenvalue weighted by Gasteiger charge is 2.42.